The smallest absolute Gasteiger partial charge is 0.0665 e. The molecule has 1 aliphatic rings. The van der Waals surface area contributed by atoms with Crippen molar-refractivity contribution in [3.05, 3.63) is 24.0 Å². The van der Waals surface area contributed by atoms with Crippen LogP contribution in [0.1, 0.15) is 32.8 Å². The molecule has 2 atom stereocenters. The molecule has 1 N–H and O–H groups in total. The van der Waals surface area contributed by atoms with Crippen LogP contribution in [-0.4, -0.2) is 23.7 Å². The van der Waals surface area contributed by atoms with E-state index in [1.54, 1.807) is 0 Å². The molecular weight excluding hydrogens is 212 g/mol. The number of pyridine rings is 1. The van der Waals surface area contributed by atoms with E-state index in [0.29, 0.717) is 12.1 Å². The fourth-order valence-corrected chi connectivity index (χ4v) is 2.42. The number of ether oxygens (including phenoxy) is 1. The van der Waals surface area contributed by atoms with Crippen molar-refractivity contribution in [2.75, 3.05) is 11.9 Å². The minimum atomic E-state index is 0.193. The average Bonchev–Trinajstić information content (AvgIpc) is 2.30. The number of anilines is 1. The highest BCUT2D eigenvalue weighted by Gasteiger charge is 2.48. The van der Waals surface area contributed by atoms with Gasteiger partial charge in [0.25, 0.3) is 0 Å². The summed E-state index contributed by atoms with van der Waals surface area (Å²) in [6.07, 6.45) is 5.19. The quantitative estimate of drug-likeness (QED) is 0.869. The predicted molar refractivity (Wildman–Crippen MR) is 70.2 cm³/mol. The Morgan fingerprint density at radius 2 is 2.29 bits per heavy atom. The Balaban J connectivity index is 2.01. The Hall–Kier alpha value is -1.09. The van der Waals surface area contributed by atoms with Crippen LogP contribution in [-0.2, 0) is 4.74 Å². The molecule has 0 radical (unpaired) electrons. The second kappa shape index (κ2) is 4.65. The average molecular weight is 234 g/mol. The standard InChI is InChI=1S/C14H22N2O/c1-5-17-13-8-12(14(13,3)4)16-11-9-15-7-6-10(11)2/h6-7,9,12-13,16H,5,8H2,1-4H3. The fraction of sp³-hybridized carbons (Fsp3) is 0.643. The van der Waals surface area contributed by atoms with Crippen LogP contribution in [0.3, 0.4) is 0 Å². The van der Waals surface area contributed by atoms with Crippen LogP contribution in [0.2, 0.25) is 0 Å². The Labute approximate surface area is 104 Å². The van der Waals surface area contributed by atoms with Crippen molar-refractivity contribution < 1.29 is 4.74 Å². The number of nitrogens with one attached hydrogen (secondary N) is 1. The van der Waals surface area contributed by atoms with Crippen molar-refractivity contribution in [1.82, 2.24) is 4.98 Å². The molecule has 1 fully saturated rings. The molecule has 0 spiro atoms. The van der Waals surface area contributed by atoms with Crippen molar-refractivity contribution >= 4 is 5.69 Å². The van der Waals surface area contributed by atoms with Crippen LogP contribution in [0.25, 0.3) is 0 Å². The van der Waals surface area contributed by atoms with Gasteiger partial charge in [0, 0.05) is 24.3 Å². The van der Waals surface area contributed by atoms with Crippen molar-refractivity contribution in [3.63, 3.8) is 0 Å². The van der Waals surface area contributed by atoms with Crippen LogP contribution in [0.4, 0.5) is 5.69 Å². The van der Waals surface area contributed by atoms with E-state index in [2.05, 4.69) is 38.0 Å². The molecule has 1 aromatic heterocycles. The fourth-order valence-electron chi connectivity index (χ4n) is 2.42. The Morgan fingerprint density at radius 1 is 1.53 bits per heavy atom. The first-order chi connectivity index (χ1) is 8.05. The summed E-state index contributed by atoms with van der Waals surface area (Å²) in [5.41, 5.74) is 2.58. The molecule has 0 aliphatic heterocycles. The van der Waals surface area contributed by atoms with Crippen molar-refractivity contribution in [2.45, 2.75) is 46.3 Å². The zero-order valence-corrected chi connectivity index (χ0v) is 11.2. The number of aryl methyl sites for hydroxylation is 1. The SMILES string of the molecule is CCOC1CC(Nc2cnccc2C)C1(C)C. The number of rotatable bonds is 4. The molecule has 2 unspecified atom stereocenters. The molecule has 1 aliphatic carbocycles. The molecule has 0 amide bonds. The van der Waals surface area contributed by atoms with E-state index in [9.17, 15) is 0 Å². The molecule has 1 heterocycles. The molecular formula is C14H22N2O. The van der Waals surface area contributed by atoms with Gasteiger partial charge in [0.2, 0.25) is 0 Å². The van der Waals surface area contributed by atoms with Crippen molar-refractivity contribution in [2.24, 2.45) is 5.41 Å². The molecule has 94 valence electrons. The number of nitrogens with zero attached hydrogens (tertiary/aromatic N) is 1. The van der Waals surface area contributed by atoms with E-state index < -0.39 is 0 Å². The largest absolute Gasteiger partial charge is 0.380 e. The van der Waals surface area contributed by atoms with Gasteiger partial charge in [-0.05, 0) is 31.9 Å². The van der Waals surface area contributed by atoms with Crippen LogP contribution in [0, 0.1) is 12.3 Å². The first kappa shape index (κ1) is 12.4. The summed E-state index contributed by atoms with van der Waals surface area (Å²) < 4.78 is 5.74. The number of hydrogen-bond acceptors (Lipinski definition) is 3. The van der Waals surface area contributed by atoms with Gasteiger partial charge in [-0.1, -0.05) is 13.8 Å². The highest BCUT2D eigenvalue weighted by Crippen LogP contribution is 2.44. The molecule has 3 heteroatoms. The summed E-state index contributed by atoms with van der Waals surface area (Å²) in [5.74, 6) is 0. The number of hydrogen-bond donors (Lipinski definition) is 1. The number of aromatic nitrogens is 1. The van der Waals surface area contributed by atoms with Gasteiger partial charge < -0.3 is 10.1 Å². The third kappa shape index (κ3) is 2.29. The lowest BCUT2D eigenvalue weighted by molar-refractivity contribution is -0.0976. The molecule has 0 bridgehead atoms. The zero-order chi connectivity index (χ0) is 12.5. The van der Waals surface area contributed by atoms with Crippen LogP contribution >= 0.6 is 0 Å². The molecule has 1 saturated carbocycles. The van der Waals surface area contributed by atoms with E-state index in [1.165, 1.54) is 5.56 Å². The molecule has 0 aromatic carbocycles. The van der Waals surface area contributed by atoms with E-state index in [1.807, 2.05) is 18.5 Å². The minimum Gasteiger partial charge on any atom is -0.380 e. The summed E-state index contributed by atoms with van der Waals surface area (Å²) in [6.45, 7) is 9.49. The van der Waals surface area contributed by atoms with E-state index in [0.717, 1.165) is 18.7 Å². The van der Waals surface area contributed by atoms with E-state index >= 15 is 0 Å². The van der Waals surface area contributed by atoms with Gasteiger partial charge in [0.1, 0.15) is 0 Å². The Bertz CT molecular complexity index is 390. The lowest BCUT2D eigenvalue weighted by Gasteiger charge is -2.52. The van der Waals surface area contributed by atoms with Gasteiger partial charge in [-0.25, -0.2) is 0 Å². The zero-order valence-electron chi connectivity index (χ0n) is 11.2. The maximum Gasteiger partial charge on any atom is 0.0665 e. The van der Waals surface area contributed by atoms with Crippen LogP contribution in [0.15, 0.2) is 18.5 Å². The summed E-state index contributed by atoms with van der Waals surface area (Å²) in [4.78, 5) is 4.17. The van der Waals surface area contributed by atoms with Gasteiger partial charge in [-0.15, -0.1) is 0 Å². The summed E-state index contributed by atoms with van der Waals surface area (Å²) in [7, 11) is 0. The van der Waals surface area contributed by atoms with Gasteiger partial charge in [0.15, 0.2) is 0 Å². The second-order valence-corrected chi connectivity index (χ2v) is 5.39. The Morgan fingerprint density at radius 3 is 2.88 bits per heavy atom. The third-order valence-corrected chi connectivity index (χ3v) is 3.91. The van der Waals surface area contributed by atoms with E-state index in [4.69, 9.17) is 4.74 Å². The first-order valence-corrected chi connectivity index (χ1v) is 6.34. The summed E-state index contributed by atoms with van der Waals surface area (Å²) >= 11 is 0. The molecule has 17 heavy (non-hydrogen) atoms. The summed E-state index contributed by atoms with van der Waals surface area (Å²) in [5, 5.41) is 3.58. The van der Waals surface area contributed by atoms with Crippen molar-refractivity contribution in [3.8, 4) is 0 Å². The summed E-state index contributed by atoms with van der Waals surface area (Å²) in [6, 6.07) is 2.51. The highest BCUT2D eigenvalue weighted by molar-refractivity contribution is 5.49. The molecule has 1 aromatic rings. The van der Waals surface area contributed by atoms with Gasteiger partial charge >= 0.3 is 0 Å². The monoisotopic (exact) mass is 234 g/mol. The third-order valence-electron chi connectivity index (χ3n) is 3.91. The van der Waals surface area contributed by atoms with E-state index in [-0.39, 0.29) is 5.41 Å². The van der Waals surface area contributed by atoms with Crippen molar-refractivity contribution in [1.29, 1.82) is 0 Å². The molecule has 2 rings (SSSR count). The first-order valence-electron chi connectivity index (χ1n) is 6.34. The molecule has 0 saturated heterocycles. The van der Waals surface area contributed by atoms with Gasteiger partial charge in [0.05, 0.1) is 18.0 Å². The predicted octanol–water partition coefficient (Wildman–Crippen LogP) is 3.01. The topological polar surface area (TPSA) is 34.1 Å². The van der Waals surface area contributed by atoms with Gasteiger partial charge in [-0.3, -0.25) is 4.98 Å². The van der Waals surface area contributed by atoms with Gasteiger partial charge in [-0.2, -0.15) is 0 Å². The lowest BCUT2D eigenvalue weighted by Crippen LogP contribution is -2.58. The minimum absolute atomic E-state index is 0.193. The maximum absolute atomic E-state index is 5.74. The normalized spacial score (nSPS) is 26.4. The van der Waals surface area contributed by atoms with Crippen LogP contribution < -0.4 is 5.32 Å². The Kier molecular flexibility index (Phi) is 3.38. The second-order valence-electron chi connectivity index (χ2n) is 5.39. The lowest BCUT2D eigenvalue weighted by atomic mass is 9.64. The maximum atomic E-state index is 5.74. The van der Waals surface area contributed by atoms with Crippen LogP contribution in [0.5, 0.6) is 0 Å². The molecule has 3 nitrogen and oxygen atoms in total. The highest BCUT2D eigenvalue weighted by atomic mass is 16.5.